The molecule has 0 fully saturated rings. The van der Waals surface area contributed by atoms with Gasteiger partial charge in [0.1, 0.15) is 5.82 Å². The normalized spacial score (nSPS) is 11.0. The fraction of sp³-hybridized carbons (Fsp3) is 0.231. The summed E-state index contributed by atoms with van der Waals surface area (Å²) in [6.07, 6.45) is 2.83. The van der Waals surface area contributed by atoms with Crippen LogP contribution in [0, 0.1) is 0 Å². The standard InChI is InChI=1S/C13H16N4O3S/c1-3-14-12-8-11(6-7-15-12)21(18,19)17-10-4-5-13(20-2)16-9-10/h4-9,17H,3H2,1-2H3,(H,14,15). The Kier molecular flexibility index (Phi) is 4.59. The van der Waals surface area contributed by atoms with Crippen molar-refractivity contribution in [1.29, 1.82) is 0 Å². The van der Waals surface area contributed by atoms with Gasteiger partial charge in [-0.1, -0.05) is 0 Å². The molecule has 0 bridgehead atoms. The Morgan fingerprint density at radius 3 is 2.67 bits per heavy atom. The second-order valence-corrected chi connectivity index (χ2v) is 5.78. The molecule has 0 spiro atoms. The van der Waals surface area contributed by atoms with Gasteiger partial charge < -0.3 is 10.1 Å². The topological polar surface area (TPSA) is 93.2 Å². The van der Waals surface area contributed by atoms with Crippen LogP contribution in [0.4, 0.5) is 11.5 Å². The van der Waals surface area contributed by atoms with Gasteiger partial charge in [-0.3, -0.25) is 4.72 Å². The Hall–Kier alpha value is -2.35. The molecule has 2 N–H and O–H groups in total. The van der Waals surface area contributed by atoms with E-state index in [-0.39, 0.29) is 4.90 Å². The fourth-order valence-corrected chi connectivity index (χ4v) is 2.69. The smallest absolute Gasteiger partial charge is 0.262 e. The molecule has 0 aliphatic heterocycles. The van der Waals surface area contributed by atoms with Gasteiger partial charge in [-0.15, -0.1) is 0 Å². The van der Waals surface area contributed by atoms with E-state index in [1.165, 1.54) is 31.6 Å². The first-order valence-electron chi connectivity index (χ1n) is 6.28. The fourth-order valence-electron chi connectivity index (χ4n) is 1.63. The van der Waals surface area contributed by atoms with E-state index < -0.39 is 10.0 Å². The van der Waals surface area contributed by atoms with Gasteiger partial charge in [0.05, 0.1) is 23.9 Å². The van der Waals surface area contributed by atoms with Gasteiger partial charge in [0, 0.05) is 24.9 Å². The number of anilines is 2. The summed E-state index contributed by atoms with van der Waals surface area (Å²) < 4.78 is 31.9. The number of rotatable bonds is 6. The second kappa shape index (κ2) is 6.40. The quantitative estimate of drug-likeness (QED) is 0.844. The number of hydrogen-bond donors (Lipinski definition) is 2. The first kappa shape index (κ1) is 15.0. The first-order chi connectivity index (χ1) is 10.0. The van der Waals surface area contributed by atoms with Crippen LogP contribution in [-0.4, -0.2) is 32.0 Å². The Labute approximate surface area is 123 Å². The maximum absolute atomic E-state index is 12.3. The summed E-state index contributed by atoms with van der Waals surface area (Å²) in [6.45, 7) is 2.57. The predicted molar refractivity (Wildman–Crippen MR) is 80.0 cm³/mol. The van der Waals surface area contributed by atoms with Crippen LogP contribution in [0.25, 0.3) is 0 Å². The highest BCUT2D eigenvalue weighted by Gasteiger charge is 2.15. The van der Waals surface area contributed by atoms with Crippen LogP contribution in [0.1, 0.15) is 6.92 Å². The lowest BCUT2D eigenvalue weighted by atomic mass is 10.4. The SMILES string of the molecule is CCNc1cc(S(=O)(=O)Nc2ccc(OC)nc2)ccn1. The second-order valence-electron chi connectivity index (χ2n) is 4.10. The number of hydrogen-bond acceptors (Lipinski definition) is 6. The number of pyridine rings is 2. The van der Waals surface area contributed by atoms with Crippen molar-refractivity contribution in [2.24, 2.45) is 0 Å². The average molecular weight is 308 g/mol. The highest BCUT2D eigenvalue weighted by Crippen LogP contribution is 2.18. The number of sulfonamides is 1. The zero-order chi connectivity index (χ0) is 15.3. The van der Waals surface area contributed by atoms with Gasteiger partial charge in [0.15, 0.2) is 0 Å². The third-order valence-corrected chi connectivity index (χ3v) is 3.98. The van der Waals surface area contributed by atoms with Crippen molar-refractivity contribution < 1.29 is 13.2 Å². The van der Waals surface area contributed by atoms with E-state index in [1.807, 2.05) is 6.92 Å². The lowest BCUT2D eigenvalue weighted by Crippen LogP contribution is -2.14. The molecule has 2 rings (SSSR count). The summed E-state index contributed by atoms with van der Waals surface area (Å²) in [4.78, 5) is 8.12. The van der Waals surface area contributed by atoms with Gasteiger partial charge in [0.25, 0.3) is 10.0 Å². The van der Waals surface area contributed by atoms with Crippen LogP contribution in [0.5, 0.6) is 5.88 Å². The number of aromatic nitrogens is 2. The molecule has 0 aromatic carbocycles. The minimum Gasteiger partial charge on any atom is -0.481 e. The van der Waals surface area contributed by atoms with Gasteiger partial charge in [-0.2, -0.15) is 0 Å². The maximum Gasteiger partial charge on any atom is 0.262 e. The predicted octanol–water partition coefficient (Wildman–Crippen LogP) is 1.72. The lowest BCUT2D eigenvalue weighted by molar-refractivity contribution is 0.398. The Morgan fingerprint density at radius 2 is 2.05 bits per heavy atom. The molecule has 8 heteroatoms. The van der Waals surface area contributed by atoms with Crippen LogP contribution in [0.2, 0.25) is 0 Å². The number of ether oxygens (including phenoxy) is 1. The van der Waals surface area contributed by atoms with E-state index in [0.29, 0.717) is 23.9 Å². The zero-order valence-electron chi connectivity index (χ0n) is 11.7. The van der Waals surface area contributed by atoms with E-state index in [4.69, 9.17) is 4.74 Å². The minimum absolute atomic E-state index is 0.129. The molecule has 21 heavy (non-hydrogen) atoms. The summed E-state index contributed by atoms with van der Waals surface area (Å²) in [5, 5.41) is 2.97. The summed E-state index contributed by atoms with van der Waals surface area (Å²) in [6, 6.07) is 6.06. The van der Waals surface area contributed by atoms with Crippen molar-refractivity contribution in [3.63, 3.8) is 0 Å². The molecule has 0 radical (unpaired) electrons. The molecule has 2 aromatic heterocycles. The molecule has 112 valence electrons. The summed E-state index contributed by atoms with van der Waals surface area (Å²) >= 11 is 0. The summed E-state index contributed by atoms with van der Waals surface area (Å²) in [7, 11) is -2.19. The van der Waals surface area contributed by atoms with E-state index in [9.17, 15) is 8.42 Å². The Balaban J connectivity index is 2.22. The molecule has 7 nitrogen and oxygen atoms in total. The molecule has 0 saturated carbocycles. The number of methoxy groups -OCH3 is 1. The van der Waals surface area contributed by atoms with Crippen LogP contribution < -0.4 is 14.8 Å². The molecular formula is C13H16N4O3S. The van der Waals surface area contributed by atoms with Crippen LogP contribution in [0.3, 0.4) is 0 Å². The van der Waals surface area contributed by atoms with Gasteiger partial charge in [-0.05, 0) is 19.1 Å². The molecular weight excluding hydrogens is 292 g/mol. The minimum atomic E-state index is -3.68. The Bertz CT molecular complexity index is 702. The monoisotopic (exact) mass is 308 g/mol. The molecule has 0 amide bonds. The van der Waals surface area contributed by atoms with Crippen molar-refractivity contribution in [3.8, 4) is 5.88 Å². The molecule has 0 unspecified atom stereocenters. The molecule has 0 aliphatic carbocycles. The number of nitrogens with zero attached hydrogens (tertiary/aromatic N) is 2. The highest BCUT2D eigenvalue weighted by molar-refractivity contribution is 7.92. The van der Waals surface area contributed by atoms with Gasteiger partial charge in [-0.25, -0.2) is 18.4 Å². The van der Waals surface area contributed by atoms with Crippen LogP contribution >= 0.6 is 0 Å². The Morgan fingerprint density at radius 1 is 1.24 bits per heavy atom. The van der Waals surface area contributed by atoms with Crippen molar-refractivity contribution in [2.75, 3.05) is 23.7 Å². The molecule has 2 heterocycles. The van der Waals surface area contributed by atoms with Crippen molar-refractivity contribution in [2.45, 2.75) is 11.8 Å². The first-order valence-corrected chi connectivity index (χ1v) is 7.76. The maximum atomic E-state index is 12.3. The average Bonchev–Trinajstić information content (AvgIpc) is 2.48. The largest absolute Gasteiger partial charge is 0.481 e. The third kappa shape index (κ3) is 3.82. The van der Waals surface area contributed by atoms with Crippen LogP contribution in [0.15, 0.2) is 41.6 Å². The zero-order valence-corrected chi connectivity index (χ0v) is 12.5. The summed E-state index contributed by atoms with van der Waals surface area (Å²) in [5.41, 5.74) is 0.359. The van der Waals surface area contributed by atoms with Crippen molar-refractivity contribution >= 4 is 21.5 Å². The van der Waals surface area contributed by atoms with Crippen LogP contribution in [-0.2, 0) is 10.0 Å². The van der Waals surface area contributed by atoms with Gasteiger partial charge in [0.2, 0.25) is 5.88 Å². The van der Waals surface area contributed by atoms with Gasteiger partial charge >= 0.3 is 0 Å². The van der Waals surface area contributed by atoms with E-state index >= 15 is 0 Å². The molecule has 2 aromatic rings. The van der Waals surface area contributed by atoms with Crippen molar-refractivity contribution in [1.82, 2.24) is 9.97 Å². The third-order valence-electron chi connectivity index (χ3n) is 2.60. The lowest BCUT2D eigenvalue weighted by Gasteiger charge is -2.09. The molecule has 0 saturated heterocycles. The number of nitrogens with one attached hydrogen (secondary N) is 2. The summed E-state index contributed by atoms with van der Waals surface area (Å²) in [5.74, 6) is 0.921. The van der Waals surface area contributed by atoms with Crippen molar-refractivity contribution in [3.05, 3.63) is 36.7 Å². The molecule has 0 aliphatic rings. The van der Waals surface area contributed by atoms with E-state index in [0.717, 1.165) is 0 Å². The van der Waals surface area contributed by atoms with E-state index in [1.54, 1.807) is 12.1 Å². The molecule has 0 atom stereocenters. The van der Waals surface area contributed by atoms with E-state index in [2.05, 4.69) is 20.0 Å². The highest BCUT2D eigenvalue weighted by atomic mass is 32.2.